The van der Waals surface area contributed by atoms with E-state index < -0.39 is 12.6 Å². The quantitative estimate of drug-likeness (QED) is 0.740. The molecule has 2 rings (SSSR count). The summed E-state index contributed by atoms with van der Waals surface area (Å²) in [5.41, 5.74) is 1.04. The van der Waals surface area contributed by atoms with Gasteiger partial charge in [0.2, 0.25) is 0 Å². The predicted molar refractivity (Wildman–Crippen MR) is 63.5 cm³/mol. The van der Waals surface area contributed by atoms with E-state index in [1.54, 1.807) is 6.26 Å². The van der Waals surface area contributed by atoms with E-state index in [4.69, 9.17) is 9.15 Å². The second-order valence-electron chi connectivity index (χ2n) is 4.85. The van der Waals surface area contributed by atoms with E-state index >= 15 is 0 Å². The molecule has 1 N–H and O–H groups in total. The van der Waals surface area contributed by atoms with E-state index in [2.05, 4.69) is 5.32 Å². The molecule has 108 valence electrons. The standard InChI is InChI=1S/C13H18F3NO2/c14-13(15,16)4-1-5-18-9-12-6-10(8-19-12)7-17-11-2-3-11/h6,8,11,17H,1-5,7,9H2. The van der Waals surface area contributed by atoms with Gasteiger partial charge in [-0.15, -0.1) is 0 Å². The van der Waals surface area contributed by atoms with Crippen LogP contribution in [0, 0.1) is 0 Å². The van der Waals surface area contributed by atoms with Crippen LogP contribution in [-0.2, 0) is 17.9 Å². The Bertz CT molecular complexity index is 385. The second-order valence-corrected chi connectivity index (χ2v) is 4.85. The molecule has 0 amide bonds. The minimum absolute atomic E-state index is 0.0136. The van der Waals surface area contributed by atoms with Gasteiger partial charge in [0.05, 0.1) is 6.26 Å². The first kappa shape index (κ1) is 14.4. The Kier molecular flexibility index (Phi) is 4.87. The highest BCUT2D eigenvalue weighted by Gasteiger charge is 2.26. The van der Waals surface area contributed by atoms with Gasteiger partial charge >= 0.3 is 6.18 Å². The third-order valence-electron chi connectivity index (χ3n) is 2.87. The Morgan fingerprint density at radius 2 is 2.16 bits per heavy atom. The topological polar surface area (TPSA) is 34.4 Å². The number of ether oxygens (including phenoxy) is 1. The number of nitrogens with one attached hydrogen (secondary N) is 1. The van der Waals surface area contributed by atoms with Crippen LogP contribution in [0.3, 0.4) is 0 Å². The van der Waals surface area contributed by atoms with Crippen molar-refractivity contribution >= 4 is 0 Å². The van der Waals surface area contributed by atoms with E-state index in [1.807, 2.05) is 6.07 Å². The zero-order chi connectivity index (χ0) is 13.7. The summed E-state index contributed by atoms with van der Waals surface area (Å²) >= 11 is 0. The van der Waals surface area contributed by atoms with Gasteiger partial charge in [-0.2, -0.15) is 13.2 Å². The third-order valence-corrected chi connectivity index (χ3v) is 2.87. The van der Waals surface area contributed by atoms with Crippen molar-refractivity contribution in [3.8, 4) is 0 Å². The van der Waals surface area contributed by atoms with Crippen molar-refractivity contribution in [1.82, 2.24) is 5.32 Å². The maximum atomic E-state index is 11.9. The summed E-state index contributed by atoms with van der Waals surface area (Å²) in [7, 11) is 0. The Morgan fingerprint density at radius 3 is 2.84 bits per heavy atom. The molecule has 1 saturated carbocycles. The van der Waals surface area contributed by atoms with Crippen molar-refractivity contribution in [3.63, 3.8) is 0 Å². The summed E-state index contributed by atoms with van der Waals surface area (Å²) in [5, 5.41) is 3.35. The fourth-order valence-corrected chi connectivity index (χ4v) is 1.69. The number of hydrogen-bond donors (Lipinski definition) is 1. The van der Waals surface area contributed by atoms with Crippen molar-refractivity contribution in [1.29, 1.82) is 0 Å². The molecular formula is C13H18F3NO2. The Labute approximate surface area is 110 Å². The van der Waals surface area contributed by atoms with Crippen LogP contribution >= 0.6 is 0 Å². The van der Waals surface area contributed by atoms with Gasteiger partial charge in [-0.3, -0.25) is 0 Å². The van der Waals surface area contributed by atoms with Crippen molar-refractivity contribution in [2.45, 2.75) is 51.1 Å². The lowest BCUT2D eigenvalue weighted by Crippen LogP contribution is -2.14. The Balaban J connectivity index is 1.57. The van der Waals surface area contributed by atoms with Crippen LogP contribution in [0.4, 0.5) is 13.2 Å². The van der Waals surface area contributed by atoms with Crippen LogP contribution < -0.4 is 5.32 Å². The largest absolute Gasteiger partial charge is 0.467 e. The summed E-state index contributed by atoms with van der Waals surface area (Å²) in [6, 6.07) is 2.51. The molecule has 1 heterocycles. The van der Waals surface area contributed by atoms with Crippen LogP contribution in [0.2, 0.25) is 0 Å². The lowest BCUT2D eigenvalue weighted by Gasteiger charge is -2.05. The summed E-state index contributed by atoms with van der Waals surface area (Å²) in [4.78, 5) is 0. The molecule has 0 aliphatic heterocycles. The second kappa shape index (κ2) is 6.43. The molecule has 1 aliphatic rings. The van der Waals surface area contributed by atoms with Gasteiger partial charge < -0.3 is 14.5 Å². The van der Waals surface area contributed by atoms with E-state index in [9.17, 15) is 13.2 Å². The first-order chi connectivity index (χ1) is 9.03. The SMILES string of the molecule is FC(F)(F)CCCOCc1cc(CNC2CC2)co1. The van der Waals surface area contributed by atoms with Crippen LogP contribution in [0.1, 0.15) is 37.0 Å². The molecule has 1 aliphatic carbocycles. The van der Waals surface area contributed by atoms with Crippen molar-refractivity contribution in [3.05, 3.63) is 23.7 Å². The molecule has 0 unspecified atom stereocenters. The number of halogens is 3. The molecule has 1 aromatic rings. The van der Waals surface area contributed by atoms with Gasteiger partial charge in [0.15, 0.2) is 0 Å². The fourth-order valence-electron chi connectivity index (χ4n) is 1.69. The fraction of sp³-hybridized carbons (Fsp3) is 0.692. The maximum Gasteiger partial charge on any atom is 0.389 e. The Hall–Kier alpha value is -1.01. The normalized spacial score (nSPS) is 15.9. The average molecular weight is 277 g/mol. The molecule has 3 nitrogen and oxygen atoms in total. The van der Waals surface area contributed by atoms with Crippen LogP contribution in [-0.4, -0.2) is 18.8 Å². The van der Waals surface area contributed by atoms with E-state index in [1.165, 1.54) is 12.8 Å². The molecule has 19 heavy (non-hydrogen) atoms. The molecule has 0 bridgehead atoms. The third kappa shape index (κ3) is 6.11. The lowest BCUT2D eigenvalue weighted by atomic mass is 10.3. The van der Waals surface area contributed by atoms with Gasteiger partial charge in [-0.1, -0.05) is 0 Å². The highest BCUT2D eigenvalue weighted by molar-refractivity contribution is 5.12. The van der Waals surface area contributed by atoms with Gasteiger partial charge in [0.25, 0.3) is 0 Å². The minimum Gasteiger partial charge on any atom is -0.467 e. The van der Waals surface area contributed by atoms with E-state index in [0.29, 0.717) is 11.8 Å². The van der Waals surface area contributed by atoms with Crippen LogP contribution in [0.5, 0.6) is 0 Å². The van der Waals surface area contributed by atoms with Crippen LogP contribution in [0.15, 0.2) is 16.7 Å². The molecule has 0 radical (unpaired) electrons. The maximum absolute atomic E-state index is 11.9. The first-order valence-corrected chi connectivity index (χ1v) is 6.47. The number of rotatable bonds is 8. The zero-order valence-electron chi connectivity index (χ0n) is 10.6. The molecule has 0 spiro atoms. The molecule has 0 aromatic carbocycles. The molecule has 0 saturated heterocycles. The molecule has 0 atom stereocenters. The van der Waals surface area contributed by atoms with Crippen molar-refractivity contribution in [2.75, 3.05) is 6.61 Å². The minimum atomic E-state index is -4.10. The Morgan fingerprint density at radius 1 is 1.37 bits per heavy atom. The van der Waals surface area contributed by atoms with Gasteiger partial charge in [-0.05, 0) is 25.3 Å². The number of alkyl halides is 3. The van der Waals surface area contributed by atoms with Gasteiger partial charge in [0.1, 0.15) is 12.4 Å². The molecule has 6 heteroatoms. The highest BCUT2D eigenvalue weighted by Crippen LogP contribution is 2.21. The lowest BCUT2D eigenvalue weighted by molar-refractivity contribution is -0.138. The summed E-state index contributed by atoms with van der Waals surface area (Å²) in [5.74, 6) is 0.652. The molecular weight excluding hydrogens is 259 g/mol. The number of furan rings is 1. The van der Waals surface area contributed by atoms with Gasteiger partial charge in [-0.25, -0.2) is 0 Å². The average Bonchev–Trinajstić information content (AvgIpc) is 3.05. The van der Waals surface area contributed by atoms with Gasteiger partial charge in [0, 0.05) is 31.2 Å². The zero-order valence-corrected chi connectivity index (χ0v) is 10.6. The summed E-state index contributed by atoms with van der Waals surface area (Å²) in [6.45, 7) is 1.08. The molecule has 1 fully saturated rings. The first-order valence-electron chi connectivity index (χ1n) is 6.47. The summed E-state index contributed by atoms with van der Waals surface area (Å²) < 4.78 is 46.1. The van der Waals surface area contributed by atoms with Crippen molar-refractivity contribution < 1.29 is 22.3 Å². The smallest absolute Gasteiger partial charge is 0.389 e. The summed E-state index contributed by atoms with van der Waals surface area (Å²) in [6.07, 6.45) is -0.804. The monoisotopic (exact) mass is 277 g/mol. The highest BCUT2D eigenvalue weighted by atomic mass is 19.4. The predicted octanol–water partition coefficient (Wildman–Crippen LogP) is 3.39. The molecule has 1 aromatic heterocycles. The number of hydrogen-bond acceptors (Lipinski definition) is 3. The van der Waals surface area contributed by atoms with Crippen LogP contribution in [0.25, 0.3) is 0 Å². The van der Waals surface area contributed by atoms with Crippen molar-refractivity contribution in [2.24, 2.45) is 0 Å². The van der Waals surface area contributed by atoms with E-state index in [-0.39, 0.29) is 19.6 Å². The van der Waals surface area contributed by atoms with E-state index in [0.717, 1.165) is 12.1 Å².